The van der Waals surface area contributed by atoms with Crippen LogP contribution < -0.4 is 5.32 Å². The Balaban J connectivity index is 4.49. The average Bonchev–Trinajstić information content (AvgIpc) is 2.31. The molecule has 1 unspecified atom stereocenters. The number of esters is 1. The summed E-state index contributed by atoms with van der Waals surface area (Å²) in [5.41, 5.74) is 0. The number of methoxy groups -OCH3 is 1. The van der Waals surface area contributed by atoms with Gasteiger partial charge in [0.2, 0.25) is 0 Å². The molecule has 0 fully saturated rings. The molecule has 1 N–H and O–H groups in total. The zero-order valence-corrected chi connectivity index (χ0v) is 12.6. The second-order valence-electron chi connectivity index (χ2n) is 5.08. The lowest BCUT2D eigenvalue weighted by molar-refractivity contribution is -0.147. The fourth-order valence-corrected chi connectivity index (χ4v) is 1.97. The molecule has 120 valence electrons. The van der Waals surface area contributed by atoms with Crippen molar-refractivity contribution in [1.82, 2.24) is 10.2 Å². The number of carbonyl (C=O) groups excluding carboxylic acids is 1. The second kappa shape index (κ2) is 9.18. The van der Waals surface area contributed by atoms with Gasteiger partial charge in [-0.25, -0.2) is 0 Å². The van der Waals surface area contributed by atoms with Crippen LogP contribution >= 0.6 is 0 Å². The van der Waals surface area contributed by atoms with E-state index < -0.39 is 24.7 Å². The maximum atomic E-state index is 12.4. The van der Waals surface area contributed by atoms with Crippen molar-refractivity contribution in [2.24, 2.45) is 0 Å². The van der Waals surface area contributed by atoms with Gasteiger partial charge in [0.15, 0.2) is 0 Å². The lowest BCUT2D eigenvalue weighted by Gasteiger charge is -2.26. The Morgan fingerprint density at radius 3 is 2.30 bits per heavy atom. The van der Waals surface area contributed by atoms with Gasteiger partial charge < -0.3 is 10.1 Å². The van der Waals surface area contributed by atoms with Gasteiger partial charge in [-0.1, -0.05) is 20.8 Å². The van der Waals surface area contributed by atoms with E-state index in [9.17, 15) is 18.0 Å². The van der Waals surface area contributed by atoms with Gasteiger partial charge in [0.25, 0.3) is 0 Å². The summed E-state index contributed by atoms with van der Waals surface area (Å²) in [6.45, 7) is 5.18. The van der Waals surface area contributed by atoms with Crippen LogP contribution in [0, 0.1) is 0 Å². The zero-order valence-electron chi connectivity index (χ0n) is 12.6. The molecular formula is C13H25F3N2O2. The molecule has 1 atom stereocenters. The van der Waals surface area contributed by atoms with Crippen LogP contribution in [0.3, 0.4) is 0 Å². The van der Waals surface area contributed by atoms with Gasteiger partial charge in [0.05, 0.1) is 13.7 Å². The normalized spacial score (nSPS) is 13.8. The van der Waals surface area contributed by atoms with Crippen LogP contribution in [0.5, 0.6) is 0 Å². The van der Waals surface area contributed by atoms with Crippen LogP contribution in [0.2, 0.25) is 0 Å². The highest BCUT2D eigenvalue weighted by Crippen LogP contribution is 2.17. The SMILES string of the molecule is CCCN(CCC(NC(C)C)C(=O)OC)CC(F)(F)F. The maximum Gasteiger partial charge on any atom is 0.401 e. The van der Waals surface area contributed by atoms with Gasteiger partial charge in [-0.05, 0) is 19.4 Å². The van der Waals surface area contributed by atoms with Gasteiger partial charge in [0.1, 0.15) is 6.04 Å². The monoisotopic (exact) mass is 298 g/mol. The Morgan fingerprint density at radius 1 is 1.30 bits per heavy atom. The zero-order chi connectivity index (χ0) is 15.8. The molecule has 0 aliphatic heterocycles. The number of nitrogens with one attached hydrogen (secondary N) is 1. The van der Waals surface area contributed by atoms with Gasteiger partial charge in [-0.15, -0.1) is 0 Å². The fraction of sp³-hybridized carbons (Fsp3) is 0.923. The molecule has 0 saturated carbocycles. The van der Waals surface area contributed by atoms with Gasteiger partial charge >= 0.3 is 12.1 Å². The number of rotatable bonds is 9. The molecule has 0 amide bonds. The molecule has 0 aromatic carbocycles. The first kappa shape index (κ1) is 19.2. The van der Waals surface area contributed by atoms with Gasteiger partial charge in [0, 0.05) is 12.6 Å². The molecule has 20 heavy (non-hydrogen) atoms. The summed E-state index contributed by atoms with van der Waals surface area (Å²) >= 11 is 0. The quantitative estimate of drug-likeness (QED) is 0.663. The third-order valence-electron chi connectivity index (χ3n) is 2.70. The predicted molar refractivity (Wildman–Crippen MR) is 71.5 cm³/mol. The third-order valence-corrected chi connectivity index (χ3v) is 2.70. The van der Waals surface area contributed by atoms with Crippen molar-refractivity contribution in [2.75, 3.05) is 26.7 Å². The lowest BCUT2D eigenvalue weighted by Crippen LogP contribution is -2.45. The fourth-order valence-electron chi connectivity index (χ4n) is 1.97. The number of hydrogen-bond donors (Lipinski definition) is 1. The van der Waals surface area contributed by atoms with Crippen LogP contribution in [0.4, 0.5) is 13.2 Å². The van der Waals surface area contributed by atoms with Crippen molar-refractivity contribution in [3.05, 3.63) is 0 Å². The Kier molecular flexibility index (Phi) is 8.80. The third kappa shape index (κ3) is 9.14. The van der Waals surface area contributed by atoms with E-state index in [1.165, 1.54) is 12.0 Å². The molecule has 0 aromatic heterocycles. The highest BCUT2D eigenvalue weighted by molar-refractivity contribution is 5.75. The molecule has 0 aliphatic rings. The largest absolute Gasteiger partial charge is 0.468 e. The molecule has 0 spiro atoms. The van der Waals surface area contributed by atoms with Crippen LogP contribution in [-0.4, -0.2) is 55.9 Å². The molecule has 0 aromatic rings. The Hall–Kier alpha value is -0.820. The van der Waals surface area contributed by atoms with Crippen molar-refractivity contribution < 1.29 is 22.7 Å². The topological polar surface area (TPSA) is 41.6 Å². The molecule has 0 radical (unpaired) electrons. The molecular weight excluding hydrogens is 273 g/mol. The van der Waals surface area contributed by atoms with Crippen LogP contribution in [0.25, 0.3) is 0 Å². The first-order valence-corrected chi connectivity index (χ1v) is 6.82. The summed E-state index contributed by atoms with van der Waals surface area (Å²) in [7, 11) is 1.27. The summed E-state index contributed by atoms with van der Waals surface area (Å²) in [6, 6.07) is -0.520. The van der Waals surface area contributed by atoms with E-state index in [0.29, 0.717) is 19.4 Å². The standard InChI is InChI=1S/C13H25F3N2O2/c1-5-7-18(9-13(14,15)16)8-6-11(12(19)20-4)17-10(2)3/h10-11,17H,5-9H2,1-4H3. The number of nitrogens with zero attached hydrogens (tertiary/aromatic N) is 1. The number of hydrogen-bond acceptors (Lipinski definition) is 4. The number of carbonyl (C=O) groups is 1. The lowest BCUT2D eigenvalue weighted by atomic mass is 10.1. The van der Waals surface area contributed by atoms with Gasteiger partial charge in [-0.3, -0.25) is 9.69 Å². The molecule has 0 bridgehead atoms. The number of halogens is 3. The summed E-state index contributed by atoms with van der Waals surface area (Å²) < 4.78 is 42.0. The van der Waals surface area contributed by atoms with E-state index >= 15 is 0 Å². The van der Waals surface area contributed by atoms with E-state index in [4.69, 9.17) is 0 Å². The maximum absolute atomic E-state index is 12.4. The molecule has 7 heteroatoms. The second-order valence-corrected chi connectivity index (χ2v) is 5.08. The molecule has 0 heterocycles. The van der Waals surface area contributed by atoms with Crippen LogP contribution in [0.1, 0.15) is 33.6 Å². The van der Waals surface area contributed by atoms with E-state index in [2.05, 4.69) is 10.1 Å². The van der Waals surface area contributed by atoms with E-state index in [-0.39, 0.29) is 12.6 Å². The van der Waals surface area contributed by atoms with Crippen molar-refractivity contribution in [1.29, 1.82) is 0 Å². The van der Waals surface area contributed by atoms with Gasteiger partial charge in [-0.2, -0.15) is 13.2 Å². The van der Waals surface area contributed by atoms with Crippen molar-refractivity contribution in [3.8, 4) is 0 Å². The summed E-state index contributed by atoms with van der Waals surface area (Å²) in [4.78, 5) is 12.9. The summed E-state index contributed by atoms with van der Waals surface area (Å²) in [5, 5.41) is 3.01. The first-order chi connectivity index (χ1) is 9.19. The van der Waals surface area contributed by atoms with E-state index in [1.807, 2.05) is 20.8 Å². The summed E-state index contributed by atoms with van der Waals surface area (Å²) in [6.07, 6.45) is -3.29. The smallest absolute Gasteiger partial charge is 0.401 e. The molecule has 0 rings (SSSR count). The van der Waals surface area contributed by atoms with Crippen molar-refractivity contribution >= 4 is 5.97 Å². The summed E-state index contributed by atoms with van der Waals surface area (Å²) in [5.74, 6) is -0.442. The first-order valence-electron chi connectivity index (χ1n) is 6.82. The molecule has 0 aliphatic carbocycles. The Bertz CT molecular complexity index is 283. The average molecular weight is 298 g/mol. The van der Waals surface area contributed by atoms with E-state index in [1.54, 1.807) is 0 Å². The Morgan fingerprint density at radius 2 is 1.90 bits per heavy atom. The minimum atomic E-state index is -4.22. The minimum Gasteiger partial charge on any atom is -0.468 e. The number of ether oxygens (including phenoxy) is 1. The Labute approximate surface area is 118 Å². The highest BCUT2D eigenvalue weighted by atomic mass is 19.4. The van der Waals surface area contributed by atoms with Crippen molar-refractivity contribution in [2.45, 2.75) is 51.9 Å². The van der Waals surface area contributed by atoms with Crippen molar-refractivity contribution in [3.63, 3.8) is 0 Å². The van der Waals surface area contributed by atoms with E-state index in [0.717, 1.165) is 0 Å². The number of alkyl halides is 3. The predicted octanol–water partition coefficient (Wildman–Crippen LogP) is 2.19. The van der Waals surface area contributed by atoms with Crippen LogP contribution in [-0.2, 0) is 9.53 Å². The highest BCUT2D eigenvalue weighted by Gasteiger charge is 2.31. The molecule has 0 saturated heterocycles. The molecule has 4 nitrogen and oxygen atoms in total. The van der Waals surface area contributed by atoms with Crippen LogP contribution in [0.15, 0.2) is 0 Å². The minimum absolute atomic E-state index is 0.0568.